The molecule has 8 aromatic rings. The van der Waals surface area contributed by atoms with Crippen molar-refractivity contribution in [1.82, 2.24) is 9.97 Å². The van der Waals surface area contributed by atoms with Crippen molar-refractivity contribution in [2.75, 3.05) is 0 Å². The van der Waals surface area contributed by atoms with Crippen LogP contribution in [0.5, 0.6) is 0 Å². The Kier molecular flexibility index (Phi) is 4.89. The highest BCUT2D eigenvalue weighted by Crippen LogP contribution is 2.42. The second-order valence-corrected chi connectivity index (χ2v) is 10.1. The first-order chi connectivity index (χ1) is 19.8. The molecule has 184 valence electrons. The molecule has 3 nitrogen and oxygen atoms in total. The van der Waals surface area contributed by atoms with Crippen LogP contribution in [0, 0.1) is 11.3 Å². The molecule has 0 aliphatic carbocycles. The van der Waals surface area contributed by atoms with Crippen molar-refractivity contribution in [3.63, 3.8) is 0 Å². The minimum absolute atomic E-state index is 0.691. The van der Waals surface area contributed by atoms with Crippen LogP contribution in [0.25, 0.3) is 76.5 Å². The zero-order valence-corrected chi connectivity index (χ0v) is 21.5. The van der Waals surface area contributed by atoms with E-state index >= 15 is 0 Å². The second-order valence-electron chi connectivity index (χ2n) is 10.1. The summed E-state index contributed by atoms with van der Waals surface area (Å²) in [5.41, 5.74) is 8.06. The smallest absolute Gasteiger partial charge is 0.0998 e. The third-order valence-electron chi connectivity index (χ3n) is 7.92. The first-order valence-electron chi connectivity index (χ1n) is 13.3. The Labute approximate surface area is 230 Å². The zero-order chi connectivity index (χ0) is 26.6. The third kappa shape index (κ3) is 3.30. The van der Waals surface area contributed by atoms with Gasteiger partial charge < -0.3 is 0 Å². The van der Waals surface area contributed by atoms with Gasteiger partial charge in [0.2, 0.25) is 0 Å². The van der Waals surface area contributed by atoms with Crippen LogP contribution >= 0.6 is 0 Å². The maximum Gasteiger partial charge on any atom is 0.0998 e. The summed E-state index contributed by atoms with van der Waals surface area (Å²) in [6, 6.07) is 44.4. The van der Waals surface area contributed by atoms with Crippen molar-refractivity contribution in [1.29, 1.82) is 5.26 Å². The average Bonchev–Trinajstić information content (AvgIpc) is 3.02. The lowest BCUT2D eigenvalue weighted by atomic mass is 9.88. The number of para-hydroxylation sites is 1. The van der Waals surface area contributed by atoms with Crippen molar-refractivity contribution >= 4 is 54.3 Å². The highest BCUT2D eigenvalue weighted by Gasteiger charge is 2.16. The van der Waals surface area contributed by atoms with Crippen molar-refractivity contribution in [3.8, 4) is 28.3 Å². The summed E-state index contributed by atoms with van der Waals surface area (Å²) in [6.07, 6.45) is 1.85. The molecule has 0 spiro atoms. The monoisotopic (exact) mass is 507 g/mol. The van der Waals surface area contributed by atoms with E-state index in [4.69, 9.17) is 9.97 Å². The molecular formula is C37H21N3. The number of nitrogens with zero attached hydrogens (tertiary/aromatic N) is 3. The number of fused-ring (bicyclic) bond motifs is 6. The molecule has 3 heteroatoms. The minimum atomic E-state index is 0.691. The first kappa shape index (κ1) is 22.4. The summed E-state index contributed by atoms with van der Waals surface area (Å²) in [6.45, 7) is 0. The number of hydrogen-bond acceptors (Lipinski definition) is 3. The standard InChI is InChI=1S/C37H21N3/c38-22-24-15-16-30(27-10-3-2-9-26(24)27)31-17-18-32(29-12-5-4-11-28(29)31)34-21-25-20-23-8-1-6-14-35(23)40-36(25)37-33(34)13-7-19-39-37/h1-21H. The Morgan fingerprint density at radius 2 is 1.07 bits per heavy atom. The lowest BCUT2D eigenvalue weighted by molar-refractivity contribution is 1.40. The topological polar surface area (TPSA) is 49.6 Å². The summed E-state index contributed by atoms with van der Waals surface area (Å²) in [5.74, 6) is 0. The van der Waals surface area contributed by atoms with Gasteiger partial charge in [0.1, 0.15) is 0 Å². The Morgan fingerprint density at radius 3 is 1.82 bits per heavy atom. The second kappa shape index (κ2) is 8.73. The van der Waals surface area contributed by atoms with Gasteiger partial charge in [0.15, 0.2) is 0 Å². The Bertz CT molecular complexity index is 2340. The summed E-state index contributed by atoms with van der Waals surface area (Å²) in [4.78, 5) is 9.82. The van der Waals surface area contributed by atoms with Crippen LogP contribution in [0.4, 0.5) is 0 Å². The molecule has 0 saturated heterocycles. The molecule has 0 bridgehead atoms. The van der Waals surface area contributed by atoms with Gasteiger partial charge in [-0.25, -0.2) is 4.98 Å². The molecular weight excluding hydrogens is 486 g/mol. The lowest BCUT2D eigenvalue weighted by Crippen LogP contribution is -1.92. The highest BCUT2D eigenvalue weighted by molar-refractivity contribution is 6.17. The number of rotatable bonds is 2. The van der Waals surface area contributed by atoms with E-state index in [0.717, 1.165) is 65.7 Å². The normalized spacial score (nSPS) is 11.5. The Balaban J connectivity index is 1.44. The zero-order valence-electron chi connectivity index (χ0n) is 21.5. The van der Waals surface area contributed by atoms with Crippen LogP contribution < -0.4 is 0 Å². The van der Waals surface area contributed by atoms with Gasteiger partial charge in [0, 0.05) is 27.7 Å². The minimum Gasteiger partial charge on any atom is -0.254 e. The van der Waals surface area contributed by atoms with Crippen molar-refractivity contribution < 1.29 is 0 Å². The van der Waals surface area contributed by atoms with E-state index in [1.807, 2.05) is 42.6 Å². The number of hydrogen-bond donors (Lipinski definition) is 0. The highest BCUT2D eigenvalue weighted by atomic mass is 14.7. The van der Waals surface area contributed by atoms with E-state index in [9.17, 15) is 5.26 Å². The van der Waals surface area contributed by atoms with Gasteiger partial charge in [0.25, 0.3) is 0 Å². The number of benzene rings is 6. The van der Waals surface area contributed by atoms with E-state index in [1.165, 1.54) is 10.8 Å². The number of aromatic nitrogens is 2. The molecule has 6 aromatic carbocycles. The van der Waals surface area contributed by atoms with Crippen molar-refractivity contribution in [3.05, 3.63) is 133 Å². The predicted molar refractivity (Wildman–Crippen MR) is 165 cm³/mol. The molecule has 0 aliphatic heterocycles. The molecule has 8 rings (SSSR count). The maximum absolute atomic E-state index is 9.69. The van der Waals surface area contributed by atoms with Crippen LogP contribution in [0.15, 0.2) is 128 Å². The molecule has 2 heterocycles. The third-order valence-corrected chi connectivity index (χ3v) is 7.92. The van der Waals surface area contributed by atoms with E-state index in [0.29, 0.717) is 5.56 Å². The molecule has 0 N–H and O–H groups in total. The van der Waals surface area contributed by atoms with Gasteiger partial charge in [-0.2, -0.15) is 5.26 Å². The molecule has 0 amide bonds. The average molecular weight is 508 g/mol. The fourth-order valence-corrected chi connectivity index (χ4v) is 6.10. The van der Waals surface area contributed by atoms with E-state index in [1.54, 1.807) is 0 Å². The number of nitriles is 1. The predicted octanol–water partition coefficient (Wildman–Crippen LogP) is 9.45. The largest absolute Gasteiger partial charge is 0.254 e. The SMILES string of the molecule is N#Cc1ccc(-c2ccc(-c3cc4cc5ccccc5nc4c4ncccc34)c3ccccc23)c2ccccc12. The molecule has 0 aliphatic rings. The molecule has 2 aromatic heterocycles. The van der Waals surface area contributed by atoms with E-state index in [-0.39, 0.29) is 0 Å². The fraction of sp³-hybridized carbons (Fsp3) is 0. The molecule has 0 atom stereocenters. The molecule has 0 fully saturated rings. The summed E-state index contributed by atoms with van der Waals surface area (Å²) >= 11 is 0. The summed E-state index contributed by atoms with van der Waals surface area (Å²) in [7, 11) is 0. The van der Waals surface area contributed by atoms with Gasteiger partial charge >= 0.3 is 0 Å². The van der Waals surface area contributed by atoms with Gasteiger partial charge in [0.05, 0.1) is 28.2 Å². The first-order valence-corrected chi connectivity index (χ1v) is 13.3. The Morgan fingerprint density at radius 1 is 0.475 bits per heavy atom. The van der Waals surface area contributed by atoms with Crippen molar-refractivity contribution in [2.24, 2.45) is 0 Å². The Hall–Kier alpha value is -5.59. The molecule has 40 heavy (non-hydrogen) atoms. The lowest BCUT2D eigenvalue weighted by Gasteiger charge is -2.16. The van der Waals surface area contributed by atoms with Gasteiger partial charge in [-0.3, -0.25) is 4.98 Å². The van der Waals surface area contributed by atoms with E-state index in [2.05, 4.69) is 91.0 Å². The molecule has 0 radical (unpaired) electrons. The van der Waals surface area contributed by atoms with Crippen LogP contribution in [0.2, 0.25) is 0 Å². The van der Waals surface area contributed by atoms with Crippen LogP contribution in [-0.2, 0) is 0 Å². The summed E-state index contributed by atoms with van der Waals surface area (Å²) in [5, 5.41) is 17.4. The van der Waals surface area contributed by atoms with Gasteiger partial charge in [-0.15, -0.1) is 0 Å². The molecule has 0 unspecified atom stereocenters. The van der Waals surface area contributed by atoms with Crippen LogP contribution in [0.3, 0.4) is 0 Å². The maximum atomic E-state index is 9.69. The van der Waals surface area contributed by atoms with E-state index < -0.39 is 0 Å². The summed E-state index contributed by atoms with van der Waals surface area (Å²) < 4.78 is 0. The fourth-order valence-electron chi connectivity index (χ4n) is 6.10. The van der Waals surface area contributed by atoms with Crippen LogP contribution in [0.1, 0.15) is 5.56 Å². The number of pyridine rings is 2. The van der Waals surface area contributed by atoms with Gasteiger partial charge in [-0.05, 0) is 68.7 Å². The molecule has 0 saturated carbocycles. The quantitative estimate of drug-likeness (QED) is 0.173. The van der Waals surface area contributed by atoms with Gasteiger partial charge in [-0.1, -0.05) is 91.0 Å². The van der Waals surface area contributed by atoms with Crippen molar-refractivity contribution in [2.45, 2.75) is 0 Å². The van der Waals surface area contributed by atoms with Crippen LogP contribution in [-0.4, -0.2) is 9.97 Å².